The fraction of sp³-hybridized carbons (Fsp3) is 0.267. The molecule has 0 saturated carbocycles. The molecule has 1 aliphatic rings. The maximum atomic E-state index is 12.5. The zero-order valence-corrected chi connectivity index (χ0v) is 11.2. The van der Waals surface area contributed by atoms with E-state index in [2.05, 4.69) is 0 Å². The summed E-state index contributed by atoms with van der Waals surface area (Å²) in [6.45, 7) is 3.77. The maximum Gasteiger partial charge on any atom is 0.274 e. The van der Waals surface area contributed by atoms with Gasteiger partial charge < -0.3 is 0 Å². The van der Waals surface area contributed by atoms with Gasteiger partial charge in [0.15, 0.2) is 0 Å². The highest BCUT2D eigenvalue weighted by molar-refractivity contribution is 6.12. The molecule has 5 nitrogen and oxygen atoms in total. The van der Waals surface area contributed by atoms with Gasteiger partial charge in [-0.25, -0.2) is 4.68 Å². The summed E-state index contributed by atoms with van der Waals surface area (Å²) in [7, 11) is 0. The van der Waals surface area contributed by atoms with Crippen molar-refractivity contribution in [2.75, 3.05) is 0 Å². The lowest BCUT2D eigenvalue weighted by molar-refractivity contribution is 0.0846. The molecule has 0 bridgehead atoms. The fourth-order valence-corrected chi connectivity index (χ4v) is 2.59. The van der Waals surface area contributed by atoms with Crippen LogP contribution in [0.1, 0.15) is 46.5 Å². The first-order valence-corrected chi connectivity index (χ1v) is 6.50. The molecule has 0 aliphatic carbocycles. The molecule has 3 rings (SSSR count). The predicted octanol–water partition coefficient (Wildman–Crippen LogP) is 1.85. The average molecular weight is 270 g/mol. The number of benzene rings is 1. The van der Waals surface area contributed by atoms with Gasteiger partial charge in [0.25, 0.3) is 17.4 Å². The van der Waals surface area contributed by atoms with Crippen LogP contribution in [0.15, 0.2) is 41.2 Å². The normalized spacial score (nSPS) is 17.9. The molecule has 0 amide bonds. The largest absolute Gasteiger partial charge is 0.274 e. The van der Waals surface area contributed by atoms with E-state index in [9.17, 15) is 14.4 Å². The van der Waals surface area contributed by atoms with Crippen molar-refractivity contribution in [3.8, 4) is 0 Å². The van der Waals surface area contributed by atoms with E-state index in [0.717, 1.165) is 4.68 Å². The van der Waals surface area contributed by atoms with Gasteiger partial charge in [-0.15, -0.1) is 0 Å². The Balaban J connectivity index is 2.19. The highest BCUT2D eigenvalue weighted by Gasteiger charge is 2.42. The Hall–Kier alpha value is -2.43. The average Bonchev–Trinajstić information content (AvgIpc) is 2.89. The molecule has 0 fully saturated rings. The number of nitrogens with zero attached hydrogens (tertiary/aromatic N) is 2. The lowest BCUT2D eigenvalue weighted by atomic mass is 9.98. The summed E-state index contributed by atoms with van der Waals surface area (Å²) in [4.78, 5) is 36.9. The van der Waals surface area contributed by atoms with Crippen LogP contribution in [0.25, 0.3) is 0 Å². The predicted molar refractivity (Wildman–Crippen MR) is 73.2 cm³/mol. The minimum Gasteiger partial charge on any atom is -0.271 e. The molecular weight excluding hydrogens is 256 g/mol. The standard InChI is InChI=1S/C15H14N2O3/c1-9(2)11-8-12(18)17-15(20)13(14(19)16(11)17)10-6-4-3-5-7-10/h3-9,13H,1-2H3. The lowest BCUT2D eigenvalue weighted by Crippen LogP contribution is -2.24. The molecule has 102 valence electrons. The third-order valence-electron chi connectivity index (χ3n) is 3.56. The Morgan fingerprint density at radius 3 is 2.15 bits per heavy atom. The summed E-state index contributed by atoms with van der Waals surface area (Å²) in [6, 6.07) is 10.2. The molecule has 1 aliphatic heterocycles. The van der Waals surface area contributed by atoms with Crippen LogP contribution in [0.2, 0.25) is 0 Å². The van der Waals surface area contributed by atoms with Crippen LogP contribution in [-0.2, 0) is 0 Å². The van der Waals surface area contributed by atoms with Gasteiger partial charge in [0.05, 0.1) is 5.69 Å². The van der Waals surface area contributed by atoms with E-state index in [1.165, 1.54) is 10.7 Å². The zero-order valence-electron chi connectivity index (χ0n) is 11.2. The van der Waals surface area contributed by atoms with Gasteiger partial charge in [0.2, 0.25) is 0 Å². The number of rotatable bonds is 2. The lowest BCUT2D eigenvalue weighted by Gasteiger charge is -2.08. The summed E-state index contributed by atoms with van der Waals surface area (Å²) in [5.74, 6) is -1.75. The summed E-state index contributed by atoms with van der Waals surface area (Å²) in [5.41, 5.74) is 0.755. The van der Waals surface area contributed by atoms with E-state index in [1.807, 2.05) is 19.9 Å². The van der Waals surface area contributed by atoms with Crippen LogP contribution >= 0.6 is 0 Å². The van der Waals surface area contributed by atoms with Crippen molar-refractivity contribution in [2.45, 2.75) is 25.7 Å². The Morgan fingerprint density at radius 1 is 0.950 bits per heavy atom. The monoisotopic (exact) mass is 270 g/mol. The van der Waals surface area contributed by atoms with Crippen LogP contribution in [0.3, 0.4) is 0 Å². The fourth-order valence-electron chi connectivity index (χ4n) is 2.59. The van der Waals surface area contributed by atoms with Gasteiger partial charge in [-0.3, -0.25) is 14.4 Å². The Morgan fingerprint density at radius 2 is 1.55 bits per heavy atom. The van der Waals surface area contributed by atoms with Gasteiger partial charge in [0, 0.05) is 6.07 Å². The van der Waals surface area contributed by atoms with E-state index in [1.54, 1.807) is 24.3 Å². The third-order valence-corrected chi connectivity index (χ3v) is 3.56. The summed E-state index contributed by atoms with van der Waals surface area (Å²) >= 11 is 0. The number of carbonyl (C=O) groups excluding carboxylic acids is 2. The zero-order chi connectivity index (χ0) is 14.4. The second kappa shape index (κ2) is 4.30. The molecule has 20 heavy (non-hydrogen) atoms. The molecule has 1 atom stereocenters. The van der Waals surface area contributed by atoms with E-state index in [-0.39, 0.29) is 11.8 Å². The first kappa shape index (κ1) is 12.6. The van der Waals surface area contributed by atoms with Crippen molar-refractivity contribution >= 4 is 11.8 Å². The Kier molecular flexibility index (Phi) is 2.71. The van der Waals surface area contributed by atoms with Crippen molar-refractivity contribution in [3.63, 3.8) is 0 Å². The molecule has 1 unspecified atom stereocenters. The highest BCUT2D eigenvalue weighted by Crippen LogP contribution is 2.27. The smallest absolute Gasteiger partial charge is 0.271 e. The highest BCUT2D eigenvalue weighted by atomic mass is 16.2. The van der Waals surface area contributed by atoms with E-state index in [4.69, 9.17) is 0 Å². The molecule has 1 aromatic carbocycles. The van der Waals surface area contributed by atoms with E-state index in [0.29, 0.717) is 11.3 Å². The maximum absolute atomic E-state index is 12.5. The molecule has 1 aromatic heterocycles. The molecular formula is C15H14N2O3. The van der Waals surface area contributed by atoms with Gasteiger partial charge >= 0.3 is 0 Å². The van der Waals surface area contributed by atoms with Crippen LogP contribution < -0.4 is 5.56 Å². The van der Waals surface area contributed by atoms with Crippen LogP contribution in [-0.4, -0.2) is 21.2 Å². The Bertz CT molecular complexity index is 753. The number of hydrogen-bond donors (Lipinski definition) is 0. The van der Waals surface area contributed by atoms with Gasteiger partial charge in [-0.05, 0) is 11.5 Å². The van der Waals surface area contributed by atoms with Crippen molar-refractivity contribution in [1.29, 1.82) is 0 Å². The third kappa shape index (κ3) is 1.59. The summed E-state index contributed by atoms with van der Waals surface area (Å²) < 4.78 is 2.18. The van der Waals surface area contributed by atoms with Crippen LogP contribution in [0.5, 0.6) is 0 Å². The second-order valence-electron chi connectivity index (χ2n) is 5.21. The van der Waals surface area contributed by atoms with Crippen LogP contribution in [0, 0.1) is 0 Å². The molecule has 2 heterocycles. The van der Waals surface area contributed by atoms with Gasteiger partial charge in [0.1, 0.15) is 5.92 Å². The molecule has 0 N–H and O–H groups in total. The first-order valence-electron chi connectivity index (χ1n) is 6.50. The molecule has 5 heteroatoms. The summed E-state index contributed by atoms with van der Waals surface area (Å²) in [5, 5.41) is 0. The number of hydrogen-bond acceptors (Lipinski definition) is 3. The van der Waals surface area contributed by atoms with Crippen molar-refractivity contribution < 1.29 is 9.59 Å². The molecule has 2 aromatic rings. The molecule has 0 spiro atoms. The molecule has 0 radical (unpaired) electrons. The van der Waals surface area contributed by atoms with Gasteiger partial charge in [-0.2, -0.15) is 4.68 Å². The SMILES string of the molecule is CC(C)c1cc(=O)n2n1C(=O)C(c1ccccc1)C2=O. The van der Waals surface area contributed by atoms with Crippen LogP contribution in [0.4, 0.5) is 0 Å². The number of carbonyl (C=O) groups is 2. The summed E-state index contributed by atoms with van der Waals surface area (Å²) in [6.07, 6.45) is 0. The number of fused-ring (bicyclic) bond motifs is 1. The quantitative estimate of drug-likeness (QED) is 0.782. The second-order valence-corrected chi connectivity index (χ2v) is 5.21. The van der Waals surface area contributed by atoms with Crippen molar-refractivity contribution in [3.05, 3.63) is 58.0 Å². The topological polar surface area (TPSA) is 61.1 Å². The van der Waals surface area contributed by atoms with E-state index >= 15 is 0 Å². The Labute approximate surface area is 115 Å². The minimum absolute atomic E-state index is 0.00442. The van der Waals surface area contributed by atoms with Crippen molar-refractivity contribution in [2.24, 2.45) is 0 Å². The van der Waals surface area contributed by atoms with Crippen molar-refractivity contribution in [1.82, 2.24) is 9.36 Å². The number of aromatic nitrogens is 2. The minimum atomic E-state index is -0.914. The van der Waals surface area contributed by atoms with Gasteiger partial charge in [-0.1, -0.05) is 44.2 Å². The molecule has 0 saturated heterocycles. The first-order chi connectivity index (χ1) is 9.52. The van der Waals surface area contributed by atoms with E-state index < -0.39 is 17.4 Å².